The number of hydrogen-bond donors (Lipinski definition) is 0. The summed E-state index contributed by atoms with van der Waals surface area (Å²) in [5.74, 6) is 1.42. The van der Waals surface area contributed by atoms with Gasteiger partial charge in [0.1, 0.15) is 12.4 Å². The molecular formula is C11H13ClO. The van der Waals surface area contributed by atoms with Gasteiger partial charge in [-0.05, 0) is 18.1 Å². The number of benzene rings is 1. The minimum atomic E-state index is 0.516. The molecule has 0 unspecified atom stereocenters. The van der Waals surface area contributed by atoms with E-state index in [0.717, 1.165) is 17.7 Å². The van der Waals surface area contributed by atoms with Gasteiger partial charge in [-0.1, -0.05) is 24.3 Å². The molecule has 0 bridgehead atoms. The van der Waals surface area contributed by atoms with E-state index in [0.29, 0.717) is 12.5 Å². The Morgan fingerprint density at radius 3 is 2.85 bits per heavy atom. The van der Waals surface area contributed by atoms with Gasteiger partial charge in [0.25, 0.3) is 0 Å². The molecule has 1 aromatic carbocycles. The molecule has 0 aromatic heterocycles. The zero-order chi connectivity index (χ0) is 9.52. The first-order valence-electron chi connectivity index (χ1n) is 4.26. The van der Waals surface area contributed by atoms with E-state index < -0.39 is 0 Å². The molecule has 13 heavy (non-hydrogen) atoms. The van der Waals surface area contributed by atoms with Crippen LogP contribution in [0, 0.1) is 0 Å². The SMILES string of the molecule is C=CCc1ccccc1OCCCl. The molecule has 0 amide bonds. The predicted octanol–water partition coefficient (Wildman–Crippen LogP) is 3.03. The molecule has 0 saturated carbocycles. The third kappa shape index (κ3) is 3.11. The monoisotopic (exact) mass is 196 g/mol. The number of para-hydroxylation sites is 1. The summed E-state index contributed by atoms with van der Waals surface area (Å²) in [7, 11) is 0. The molecule has 0 saturated heterocycles. The van der Waals surface area contributed by atoms with Crippen LogP contribution in [0.4, 0.5) is 0 Å². The molecule has 70 valence electrons. The molecule has 0 aliphatic rings. The second-order valence-electron chi connectivity index (χ2n) is 2.64. The first kappa shape index (κ1) is 10.1. The maximum Gasteiger partial charge on any atom is 0.122 e. The summed E-state index contributed by atoms with van der Waals surface area (Å²) in [6, 6.07) is 7.93. The van der Waals surface area contributed by atoms with Gasteiger partial charge in [-0.2, -0.15) is 0 Å². The van der Waals surface area contributed by atoms with E-state index in [1.165, 1.54) is 0 Å². The Morgan fingerprint density at radius 1 is 1.38 bits per heavy atom. The van der Waals surface area contributed by atoms with Crippen molar-refractivity contribution in [2.45, 2.75) is 6.42 Å². The van der Waals surface area contributed by atoms with Crippen LogP contribution in [0.1, 0.15) is 5.56 Å². The lowest BCUT2D eigenvalue weighted by atomic mass is 10.1. The topological polar surface area (TPSA) is 9.23 Å². The van der Waals surface area contributed by atoms with Crippen molar-refractivity contribution in [2.75, 3.05) is 12.5 Å². The van der Waals surface area contributed by atoms with Crippen LogP contribution in [0.3, 0.4) is 0 Å². The number of halogens is 1. The first-order valence-corrected chi connectivity index (χ1v) is 4.79. The minimum absolute atomic E-state index is 0.516. The molecule has 2 heteroatoms. The van der Waals surface area contributed by atoms with Crippen LogP contribution in [0.5, 0.6) is 5.75 Å². The lowest BCUT2D eigenvalue weighted by Crippen LogP contribution is -2.00. The summed E-state index contributed by atoms with van der Waals surface area (Å²) < 4.78 is 5.46. The Labute approximate surface area is 84.0 Å². The smallest absolute Gasteiger partial charge is 0.122 e. The number of allylic oxidation sites excluding steroid dienone is 1. The van der Waals surface area contributed by atoms with E-state index in [9.17, 15) is 0 Å². The average molecular weight is 197 g/mol. The van der Waals surface area contributed by atoms with Crippen LogP contribution >= 0.6 is 11.6 Å². The van der Waals surface area contributed by atoms with E-state index >= 15 is 0 Å². The Balaban J connectivity index is 2.71. The summed E-state index contributed by atoms with van der Waals surface area (Å²) >= 11 is 5.54. The van der Waals surface area contributed by atoms with Crippen molar-refractivity contribution in [3.8, 4) is 5.75 Å². The van der Waals surface area contributed by atoms with Crippen molar-refractivity contribution >= 4 is 11.6 Å². The molecule has 0 spiro atoms. The molecule has 0 aliphatic heterocycles. The molecule has 0 fully saturated rings. The summed E-state index contributed by atoms with van der Waals surface area (Å²) in [5, 5.41) is 0. The Kier molecular flexibility index (Phi) is 4.41. The summed E-state index contributed by atoms with van der Waals surface area (Å²) in [6.45, 7) is 4.25. The fraction of sp³-hybridized carbons (Fsp3) is 0.273. The van der Waals surface area contributed by atoms with Gasteiger partial charge in [0.2, 0.25) is 0 Å². The summed E-state index contributed by atoms with van der Waals surface area (Å²) in [4.78, 5) is 0. The van der Waals surface area contributed by atoms with Crippen molar-refractivity contribution in [3.05, 3.63) is 42.5 Å². The summed E-state index contributed by atoms with van der Waals surface area (Å²) in [6.07, 6.45) is 2.70. The van der Waals surface area contributed by atoms with Crippen LogP contribution in [0.2, 0.25) is 0 Å². The molecule has 0 radical (unpaired) electrons. The Hall–Kier alpha value is -0.950. The van der Waals surface area contributed by atoms with Crippen LogP contribution in [0.15, 0.2) is 36.9 Å². The second-order valence-corrected chi connectivity index (χ2v) is 3.02. The highest BCUT2D eigenvalue weighted by Gasteiger charge is 1.99. The number of hydrogen-bond acceptors (Lipinski definition) is 1. The van der Waals surface area contributed by atoms with Gasteiger partial charge in [-0.3, -0.25) is 0 Å². The van der Waals surface area contributed by atoms with Gasteiger partial charge in [0.05, 0.1) is 5.88 Å². The molecular weight excluding hydrogens is 184 g/mol. The molecule has 0 atom stereocenters. The van der Waals surface area contributed by atoms with Crippen LogP contribution < -0.4 is 4.74 Å². The van der Waals surface area contributed by atoms with Gasteiger partial charge in [0, 0.05) is 0 Å². The third-order valence-corrected chi connectivity index (χ3v) is 1.83. The highest BCUT2D eigenvalue weighted by atomic mass is 35.5. The van der Waals surface area contributed by atoms with Gasteiger partial charge in [-0.25, -0.2) is 0 Å². The highest BCUT2D eigenvalue weighted by Crippen LogP contribution is 2.18. The molecule has 1 rings (SSSR count). The largest absolute Gasteiger partial charge is 0.492 e. The van der Waals surface area contributed by atoms with Crippen molar-refractivity contribution < 1.29 is 4.74 Å². The summed E-state index contributed by atoms with van der Waals surface area (Å²) in [5.41, 5.74) is 1.16. The fourth-order valence-corrected chi connectivity index (χ4v) is 1.19. The van der Waals surface area contributed by atoms with E-state index in [1.54, 1.807) is 0 Å². The highest BCUT2D eigenvalue weighted by molar-refractivity contribution is 6.18. The first-order chi connectivity index (χ1) is 6.38. The van der Waals surface area contributed by atoms with Crippen LogP contribution in [-0.2, 0) is 6.42 Å². The van der Waals surface area contributed by atoms with Crippen LogP contribution in [0.25, 0.3) is 0 Å². The zero-order valence-corrected chi connectivity index (χ0v) is 8.26. The lowest BCUT2D eigenvalue weighted by molar-refractivity contribution is 0.339. The van der Waals surface area contributed by atoms with E-state index in [-0.39, 0.29) is 0 Å². The number of ether oxygens (including phenoxy) is 1. The van der Waals surface area contributed by atoms with Gasteiger partial charge in [0.15, 0.2) is 0 Å². The normalized spacial score (nSPS) is 9.62. The third-order valence-electron chi connectivity index (χ3n) is 1.67. The Bertz CT molecular complexity index is 271. The van der Waals surface area contributed by atoms with E-state index in [4.69, 9.17) is 16.3 Å². The Morgan fingerprint density at radius 2 is 2.15 bits per heavy atom. The number of alkyl halides is 1. The lowest BCUT2D eigenvalue weighted by Gasteiger charge is -2.08. The maximum absolute atomic E-state index is 5.54. The molecule has 0 N–H and O–H groups in total. The van der Waals surface area contributed by atoms with Gasteiger partial charge >= 0.3 is 0 Å². The second kappa shape index (κ2) is 5.65. The van der Waals surface area contributed by atoms with Crippen molar-refractivity contribution in [3.63, 3.8) is 0 Å². The zero-order valence-electron chi connectivity index (χ0n) is 7.50. The van der Waals surface area contributed by atoms with Gasteiger partial charge < -0.3 is 4.74 Å². The standard InChI is InChI=1S/C11H13ClO/c1-2-5-10-6-3-4-7-11(10)13-9-8-12/h2-4,6-7H,1,5,8-9H2. The quantitative estimate of drug-likeness (QED) is 0.520. The predicted molar refractivity (Wildman–Crippen MR) is 56.6 cm³/mol. The van der Waals surface area contributed by atoms with Crippen molar-refractivity contribution in [1.82, 2.24) is 0 Å². The fourth-order valence-electron chi connectivity index (χ4n) is 1.12. The number of rotatable bonds is 5. The van der Waals surface area contributed by atoms with E-state index in [2.05, 4.69) is 6.58 Å². The molecule has 1 aromatic rings. The van der Waals surface area contributed by atoms with Crippen molar-refractivity contribution in [2.24, 2.45) is 0 Å². The molecule has 0 heterocycles. The van der Waals surface area contributed by atoms with Gasteiger partial charge in [-0.15, -0.1) is 18.2 Å². The average Bonchev–Trinajstić information content (AvgIpc) is 2.17. The minimum Gasteiger partial charge on any atom is -0.492 e. The van der Waals surface area contributed by atoms with Crippen LogP contribution in [-0.4, -0.2) is 12.5 Å². The van der Waals surface area contributed by atoms with E-state index in [1.807, 2.05) is 30.3 Å². The molecule has 0 aliphatic carbocycles. The molecule has 1 nitrogen and oxygen atoms in total. The maximum atomic E-state index is 5.54. The van der Waals surface area contributed by atoms with Crippen molar-refractivity contribution in [1.29, 1.82) is 0 Å².